The van der Waals surface area contributed by atoms with Gasteiger partial charge in [0.05, 0.1) is 16.4 Å². The number of aromatic nitrogens is 1. The van der Waals surface area contributed by atoms with Gasteiger partial charge >= 0.3 is 10.1 Å². The van der Waals surface area contributed by atoms with Crippen molar-refractivity contribution in [3.8, 4) is 22.8 Å². The van der Waals surface area contributed by atoms with Crippen LogP contribution < -0.4 is 8.92 Å². The maximum absolute atomic E-state index is 13.9. The average Bonchev–Trinajstić information content (AvgIpc) is 2.84. The molecule has 0 atom stereocenters. The Morgan fingerprint density at radius 3 is 2.14 bits per heavy atom. The summed E-state index contributed by atoms with van der Waals surface area (Å²) >= 11 is 2.13. The van der Waals surface area contributed by atoms with Crippen LogP contribution in [0.5, 0.6) is 11.5 Å². The number of ether oxygens (including phenoxy) is 1. The third-order valence-electron chi connectivity index (χ3n) is 5.14. The van der Waals surface area contributed by atoms with Crippen molar-refractivity contribution >= 4 is 43.5 Å². The van der Waals surface area contributed by atoms with Gasteiger partial charge in [-0.25, -0.2) is 13.2 Å². The van der Waals surface area contributed by atoms with Crippen LogP contribution in [0.15, 0.2) is 47.5 Å². The van der Waals surface area contributed by atoms with E-state index in [-0.39, 0.29) is 0 Å². The highest BCUT2D eigenvalue weighted by Crippen LogP contribution is 2.36. The molecule has 0 saturated heterocycles. The maximum Gasteiger partial charge on any atom is 0.339 e. The molecule has 0 fully saturated rings. The number of methoxy groups -OCH3 is 1. The smallest absolute Gasteiger partial charge is 0.339 e. The van der Waals surface area contributed by atoms with Gasteiger partial charge in [0.1, 0.15) is 10.6 Å². The Balaban J connectivity index is 1.81. The van der Waals surface area contributed by atoms with Crippen LogP contribution in [0, 0.1) is 39.6 Å². The van der Waals surface area contributed by atoms with Gasteiger partial charge in [0, 0.05) is 17.1 Å². The molecule has 4 rings (SSSR count). The van der Waals surface area contributed by atoms with Gasteiger partial charge in [0.15, 0.2) is 0 Å². The summed E-state index contributed by atoms with van der Waals surface area (Å²) in [5.41, 5.74) is 2.11. The van der Waals surface area contributed by atoms with Gasteiger partial charge in [-0.3, -0.25) is 4.98 Å². The molecule has 0 saturated carbocycles. The maximum atomic E-state index is 13.9. The fourth-order valence-corrected chi connectivity index (χ4v) is 5.22. The summed E-state index contributed by atoms with van der Waals surface area (Å²) < 4.78 is 104. The number of halogens is 6. The highest BCUT2D eigenvalue weighted by atomic mass is 127. The average molecular weight is 621 g/mol. The van der Waals surface area contributed by atoms with Crippen molar-refractivity contribution in [3.63, 3.8) is 0 Å². The zero-order valence-corrected chi connectivity index (χ0v) is 20.8. The van der Waals surface area contributed by atoms with Crippen molar-refractivity contribution in [3.05, 3.63) is 80.8 Å². The van der Waals surface area contributed by atoms with Gasteiger partial charge < -0.3 is 8.92 Å². The van der Waals surface area contributed by atoms with Crippen LogP contribution in [0.4, 0.5) is 22.0 Å². The van der Waals surface area contributed by atoms with Crippen molar-refractivity contribution in [2.45, 2.75) is 11.8 Å². The molecule has 1 aromatic heterocycles. The van der Waals surface area contributed by atoms with Gasteiger partial charge in [-0.1, -0.05) is 6.07 Å². The highest BCUT2D eigenvalue weighted by Gasteiger charge is 2.31. The number of pyridine rings is 1. The summed E-state index contributed by atoms with van der Waals surface area (Å²) in [6.45, 7) is 1.87. The first-order valence-electron chi connectivity index (χ1n) is 9.65. The van der Waals surface area contributed by atoms with E-state index in [1.165, 1.54) is 25.4 Å². The predicted octanol–water partition coefficient (Wildman–Crippen LogP) is 6.29. The lowest BCUT2D eigenvalue weighted by molar-refractivity contribution is 0.346. The standard InChI is InChI=1S/C23H13F5INO4S/c1-10-7-15(29)16(33-2)9-14(10)22-13-4-3-12(8-11(13)5-6-30-22)35(31,32)34-23-20(27)18(25)17(24)19(26)21(23)28/h3-9H,1-2H3. The third-order valence-corrected chi connectivity index (χ3v) is 7.20. The highest BCUT2D eigenvalue weighted by molar-refractivity contribution is 14.1. The monoisotopic (exact) mass is 621 g/mol. The van der Waals surface area contributed by atoms with Crippen molar-refractivity contribution < 1.29 is 39.3 Å². The summed E-state index contributed by atoms with van der Waals surface area (Å²) in [7, 11) is -3.45. The van der Waals surface area contributed by atoms with Crippen LogP contribution in [0.2, 0.25) is 0 Å². The summed E-state index contributed by atoms with van der Waals surface area (Å²) in [6, 6.07) is 8.79. The summed E-state index contributed by atoms with van der Waals surface area (Å²) in [5, 5.41) is 0.906. The lowest BCUT2D eigenvalue weighted by Crippen LogP contribution is -2.14. The predicted molar refractivity (Wildman–Crippen MR) is 125 cm³/mol. The molecule has 1 heterocycles. The van der Waals surface area contributed by atoms with Gasteiger partial charge in [0.2, 0.25) is 34.8 Å². The van der Waals surface area contributed by atoms with E-state index in [0.717, 1.165) is 26.8 Å². The summed E-state index contributed by atoms with van der Waals surface area (Å²) in [4.78, 5) is 3.83. The topological polar surface area (TPSA) is 65.5 Å². The molecule has 0 amide bonds. The quantitative estimate of drug-likeness (QED) is 0.0863. The summed E-state index contributed by atoms with van der Waals surface area (Å²) in [5.74, 6) is -13.2. The van der Waals surface area contributed by atoms with Gasteiger partial charge in [0.25, 0.3) is 0 Å². The van der Waals surface area contributed by atoms with E-state index in [2.05, 4.69) is 31.8 Å². The zero-order chi connectivity index (χ0) is 25.7. The van der Waals surface area contributed by atoms with Gasteiger partial charge in [-0.05, 0) is 70.8 Å². The number of hydrogen-bond donors (Lipinski definition) is 0. The molecule has 4 aromatic rings. The number of benzene rings is 3. The molecule has 0 aliphatic rings. The Bertz CT molecular complexity index is 1580. The molecule has 0 spiro atoms. The molecule has 5 nitrogen and oxygen atoms in total. The Morgan fingerprint density at radius 1 is 0.886 bits per heavy atom. The first kappa shape index (κ1) is 25.1. The molecule has 12 heteroatoms. The molecule has 0 N–H and O–H groups in total. The minimum atomic E-state index is -4.98. The molecule has 0 aliphatic carbocycles. The van der Waals surface area contributed by atoms with Crippen molar-refractivity contribution in [2.75, 3.05) is 7.11 Å². The third kappa shape index (κ3) is 4.40. The molecular weight excluding hydrogens is 608 g/mol. The molecule has 182 valence electrons. The second-order valence-electron chi connectivity index (χ2n) is 7.28. The Kier molecular flexibility index (Phi) is 6.62. The first-order valence-corrected chi connectivity index (χ1v) is 12.1. The largest absolute Gasteiger partial charge is 0.496 e. The summed E-state index contributed by atoms with van der Waals surface area (Å²) in [6.07, 6.45) is 1.43. The van der Waals surface area contributed by atoms with Crippen molar-refractivity contribution in [2.24, 2.45) is 0 Å². The Labute approximate surface area is 209 Å². The van der Waals surface area contributed by atoms with Crippen molar-refractivity contribution in [1.29, 1.82) is 0 Å². The fraction of sp³-hybridized carbons (Fsp3) is 0.0870. The second kappa shape index (κ2) is 9.22. The van der Waals surface area contributed by atoms with Crippen LogP contribution in [-0.4, -0.2) is 20.5 Å². The van der Waals surface area contributed by atoms with E-state index in [9.17, 15) is 30.4 Å². The first-order chi connectivity index (χ1) is 16.5. The Hall–Kier alpha value is -3.00. The number of hydrogen-bond acceptors (Lipinski definition) is 5. The number of rotatable bonds is 5. The van der Waals surface area contributed by atoms with Gasteiger partial charge in [-0.2, -0.15) is 17.2 Å². The fourth-order valence-electron chi connectivity index (χ4n) is 3.41. The van der Waals surface area contributed by atoms with Gasteiger partial charge in [-0.15, -0.1) is 0 Å². The molecule has 0 radical (unpaired) electrons. The van der Waals surface area contributed by atoms with E-state index in [1.54, 1.807) is 6.07 Å². The van der Waals surface area contributed by atoms with Crippen LogP contribution in [-0.2, 0) is 10.1 Å². The molecule has 35 heavy (non-hydrogen) atoms. The minimum absolute atomic E-state index is 0.369. The number of nitrogens with zero attached hydrogens (tertiary/aromatic N) is 1. The van der Waals surface area contributed by atoms with E-state index >= 15 is 0 Å². The van der Waals surface area contributed by atoms with E-state index < -0.39 is 49.8 Å². The molecule has 0 unspecified atom stereocenters. The van der Waals surface area contributed by atoms with E-state index in [0.29, 0.717) is 22.2 Å². The van der Waals surface area contributed by atoms with Crippen LogP contribution in [0.1, 0.15) is 5.56 Å². The van der Waals surface area contributed by atoms with Crippen molar-refractivity contribution in [1.82, 2.24) is 4.98 Å². The minimum Gasteiger partial charge on any atom is -0.496 e. The number of fused-ring (bicyclic) bond motifs is 1. The zero-order valence-electron chi connectivity index (χ0n) is 17.8. The van der Waals surface area contributed by atoms with Crippen LogP contribution >= 0.6 is 22.6 Å². The number of aryl methyl sites for hydroxylation is 1. The van der Waals surface area contributed by atoms with E-state index in [4.69, 9.17) is 4.74 Å². The van der Waals surface area contributed by atoms with Crippen LogP contribution in [0.25, 0.3) is 22.0 Å². The SMILES string of the molecule is COc1cc(-c2nccc3cc(S(=O)(=O)Oc4c(F)c(F)c(F)c(F)c4F)ccc23)c(C)cc1I. The second-order valence-corrected chi connectivity index (χ2v) is 9.99. The Morgan fingerprint density at radius 2 is 1.51 bits per heavy atom. The van der Waals surface area contributed by atoms with Crippen LogP contribution in [0.3, 0.4) is 0 Å². The molecular formula is C23H13F5INO4S. The molecule has 0 bridgehead atoms. The van der Waals surface area contributed by atoms with E-state index in [1.807, 2.05) is 13.0 Å². The molecule has 0 aliphatic heterocycles. The molecule has 3 aromatic carbocycles. The normalized spacial score (nSPS) is 11.7. The lowest BCUT2D eigenvalue weighted by atomic mass is 10.00. The lowest BCUT2D eigenvalue weighted by Gasteiger charge is -2.13.